The van der Waals surface area contributed by atoms with E-state index in [2.05, 4.69) is 9.55 Å². The van der Waals surface area contributed by atoms with Crippen molar-refractivity contribution in [2.45, 2.75) is 47.1 Å². The molecule has 0 aliphatic heterocycles. The summed E-state index contributed by atoms with van der Waals surface area (Å²) in [6.45, 7) is 10.0. The number of carbonyl (C=O) groups is 2. The van der Waals surface area contributed by atoms with Gasteiger partial charge in [-0.1, -0.05) is 25.1 Å². The fourth-order valence-corrected chi connectivity index (χ4v) is 4.30. The van der Waals surface area contributed by atoms with Gasteiger partial charge in [-0.2, -0.15) is 0 Å². The molecular weight excluding hydrogens is 392 g/mol. The van der Waals surface area contributed by atoms with E-state index in [4.69, 9.17) is 9.47 Å². The molecule has 0 fully saturated rings. The first-order valence-electron chi connectivity index (χ1n) is 10.6. The molecule has 164 valence electrons. The van der Waals surface area contributed by atoms with Crippen LogP contribution in [0.1, 0.15) is 63.3 Å². The molecule has 0 aliphatic rings. The van der Waals surface area contributed by atoms with Gasteiger partial charge in [-0.25, -0.2) is 4.79 Å². The fourth-order valence-electron chi connectivity index (χ4n) is 4.30. The summed E-state index contributed by atoms with van der Waals surface area (Å²) in [5, 5.41) is 0.737. The van der Waals surface area contributed by atoms with E-state index < -0.39 is 5.97 Å². The lowest BCUT2D eigenvalue weighted by Gasteiger charge is -2.17. The monoisotopic (exact) mass is 422 g/mol. The molecule has 0 saturated carbocycles. The molecule has 6 nitrogen and oxygen atoms in total. The summed E-state index contributed by atoms with van der Waals surface area (Å²) in [5.74, 6) is -0.718. The van der Waals surface area contributed by atoms with E-state index in [0.717, 1.165) is 33.5 Å². The molecule has 6 heteroatoms. The number of fused-ring (bicyclic) bond motifs is 1. The van der Waals surface area contributed by atoms with Crippen LogP contribution < -0.4 is 0 Å². The van der Waals surface area contributed by atoms with Crippen molar-refractivity contribution in [2.75, 3.05) is 20.3 Å². The molecule has 0 aliphatic carbocycles. The standard InChI is InChI=1S/C25H30N2O4/c1-7-21-17(4)24(19-10-8-9-11-22(19)26-21)25(29)31-14-23(28)20-12-15(2)27(18(20)5)16(3)13-30-6/h8-12,16H,7,13-14H2,1-6H3/t16-/m1/s1. The van der Waals surface area contributed by atoms with Gasteiger partial charge < -0.3 is 14.0 Å². The molecule has 0 spiro atoms. The Morgan fingerprint density at radius 3 is 2.55 bits per heavy atom. The van der Waals surface area contributed by atoms with Gasteiger partial charge in [0.05, 0.1) is 23.7 Å². The zero-order valence-corrected chi connectivity index (χ0v) is 19.1. The number of aryl methyl sites for hydroxylation is 2. The van der Waals surface area contributed by atoms with Gasteiger partial charge in [0.25, 0.3) is 0 Å². The number of ether oxygens (including phenoxy) is 2. The predicted octanol–water partition coefficient (Wildman–Crippen LogP) is 4.77. The van der Waals surface area contributed by atoms with Crippen LogP contribution >= 0.6 is 0 Å². The summed E-state index contributed by atoms with van der Waals surface area (Å²) in [4.78, 5) is 30.5. The maximum absolute atomic E-state index is 13.0. The molecule has 3 aromatic rings. The summed E-state index contributed by atoms with van der Waals surface area (Å²) in [5.41, 5.74) is 5.27. The van der Waals surface area contributed by atoms with Crippen molar-refractivity contribution in [3.05, 3.63) is 64.1 Å². The predicted molar refractivity (Wildman–Crippen MR) is 121 cm³/mol. The van der Waals surface area contributed by atoms with E-state index >= 15 is 0 Å². The SMILES string of the molecule is CCc1nc2ccccc2c(C(=O)OCC(=O)c2cc(C)n([C@H](C)COC)c2C)c1C. The van der Waals surface area contributed by atoms with Crippen LogP contribution in [0.15, 0.2) is 30.3 Å². The molecule has 2 aromatic heterocycles. The van der Waals surface area contributed by atoms with Crippen molar-refractivity contribution < 1.29 is 19.1 Å². The van der Waals surface area contributed by atoms with Crippen LogP contribution in [0.25, 0.3) is 10.9 Å². The summed E-state index contributed by atoms with van der Waals surface area (Å²) in [6, 6.07) is 9.45. The Morgan fingerprint density at radius 2 is 1.87 bits per heavy atom. The number of para-hydroxylation sites is 1. The van der Waals surface area contributed by atoms with Crippen molar-refractivity contribution in [3.8, 4) is 0 Å². The highest BCUT2D eigenvalue weighted by atomic mass is 16.5. The Balaban J connectivity index is 1.85. The minimum atomic E-state index is -0.499. The molecule has 0 bridgehead atoms. The summed E-state index contributed by atoms with van der Waals surface area (Å²) < 4.78 is 12.8. The van der Waals surface area contributed by atoms with Crippen molar-refractivity contribution in [1.29, 1.82) is 0 Å². The van der Waals surface area contributed by atoms with Crippen LogP contribution in [0.4, 0.5) is 0 Å². The number of nitrogens with zero attached hydrogens (tertiary/aromatic N) is 2. The van der Waals surface area contributed by atoms with E-state index in [-0.39, 0.29) is 18.4 Å². The Labute approximate surface area is 183 Å². The third-order valence-electron chi connectivity index (χ3n) is 5.74. The largest absolute Gasteiger partial charge is 0.454 e. The number of benzene rings is 1. The molecule has 0 amide bonds. The molecule has 1 atom stereocenters. The third kappa shape index (κ3) is 4.39. The first-order chi connectivity index (χ1) is 14.8. The average molecular weight is 423 g/mol. The van der Waals surface area contributed by atoms with Crippen molar-refractivity contribution in [2.24, 2.45) is 0 Å². The van der Waals surface area contributed by atoms with E-state index in [1.54, 1.807) is 7.11 Å². The van der Waals surface area contributed by atoms with Gasteiger partial charge in [0.1, 0.15) is 0 Å². The van der Waals surface area contributed by atoms with E-state index in [1.807, 2.05) is 65.0 Å². The highest BCUT2D eigenvalue weighted by Gasteiger charge is 2.22. The first-order valence-corrected chi connectivity index (χ1v) is 10.6. The zero-order valence-electron chi connectivity index (χ0n) is 19.1. The first kappa shape index (κ1) is 22.7. The van der Waals surface area contributed by atoms with Crippen LogP contribution in [0.3, 0.4) is 0 Å². The molecule has 0 saturated heterocycles. The zero-order chi connectivity index (χ0) is 22.7. The topological polar surface area (TPSA) is 70.4 Å². The molecule has 0 N–H and O–H groups in total. The second kappa shape index (κ2) is 9.43. The average Bonchev–Trinajstić information content (AvgIpc) is 3.05. The maximum atomic E-state index is 13.0. The third-order valence-corrected chi connectivity index (χ3v) is 5.74. The van der Waals surface area contributed by atoms with Gasteiger partial charge in [-0.05, 0) is 51.8 Å². The van der Waals surface area contributed by atoms with Crippen LogP contribution in [-0.4, -0.2) is 41.6 Å². The van der Waals surface area contributed by atoms with E-state index in [1.165, 1.54) is 0 Å². The van der Waals surface area contributed by atoms with Crippen LogP contribution in [0.2, 0.25) is 0 Å². The Morgan fingerprint density at radius 1 is 1.16 bits per heavy atom. The number of esters is 1. The molecular formula is C25H30N2O4. The van der Waals surface area contributed by atoms with Gasteiger partial charge >= 0.3 is 5.97 Å². The molecule has 1 aromatic carbocycles. The second-order valence-electron chi connectivity index (χ2n) is 7.89. The summed E-state index contributed by atoms with van der Waals surface area (Å²) >= 11 is 0. The minimum Gasteiger partial charge on any atom is -0.454 e. The Bertz CT molecular complexity index is 1130. The van der Waals surface area contributed by atoms with Crippen LogP contribution in [0, 0.1) is 20.8 Å². The highest BCUT2D eigenvalue weighted by molar-refractivity contribution is 6.06. The number of aromatic nitrogens is 2. The quantitative estimate of drug-likeness (QED) is 0.386. The molecule has 31 heavy (non-hydrogen) atoms. The van der Waals surface area contributed by atoms with E-state index in [0.29, 0.717) is 24.2 Å². The molecule has 0 unspecified atom stereocenters. The summed E-state index contributed by atoms with van der Waals surface area (Å²) in [6.07, 6.45) is 0.710. The number of ketones is 1. The van der Waals surface area contributed by atoms with Gasteiger partial charge in [-0.3, -0.25) is 9.78 Å². The normalized spacial score (nSPS) is 12.2. The number of methoxy groups -OCH3 is 1. The van der Waals surface area contributed by atoms with Crippen molar-refractivity contribution in [3.63, 3.8) is 0 Å². The van der Waals surface area contributed by atoms with E-state index in [9.17, 15) is 9.59 Å². The maximum Gasteiger partial charge on any atom is 0.339 e. The van der Waals surface area contributed by atoms with Gasteiger partial charge in [-0.15, -0.1) is 0 Å². The molecule has 0 radical (unpaired) electrons. The second-order valence-corrected chi connectivity index (χ2v) is 7.89. The smallest absolute Gasteiger partial charge is 0.339 e. The lowest BCUT2D eigenvalue weighted by Crippen LogP contribution is -2.18. The number of hydrogen-bond donors (Lipinski definition) is 0. The minimum absolute atomic E-state index is 0.104. The van der Waals surface area contributed by atoms with Gasteiger partial charge in [0.2, 0.25) is 5.78 Å². The number of rotatable bonds is 8. The molecule has 3 rings (SSSR count). The van der Waals surface area contributed by atoms with Crippen LogP contribution in [0.5, 0.6) is 0 Å². The highest BCUT2D eigenvalue weighted by Crippen LogP contribution is 2.25. The van der Waals surface area contributed by atoms with Gasteiger partial charge in [0, 0.05) is 35.1 Å². The fraction of sp³-hybridized carbons (Fsp3) is 0.400. The van der Waals surface area contributed by atoms with Gasteiger partial charge in [0.15, 0.2) is 6.61 Å². The number of hydrogen-bond acceptors (Lipinski definition) is 5. The van der Waals surface area contributed by atoms with Crippen molar-refractivity contribution in [1.82, 2.24) is 9.55 Å². The Kier molecular flexibility index (Phi) is 6.91. The summed E-state index contributed by atoms with van der Waals surface area (Å²) in [7, 11) is 1.66. The lowest BCUT2D eigenvalue weighted by atomic mass is 10.0. The molecule has 2 heterocycles. The number of carbonyl (C=O) groups excluding carboxylic acids is 2. The Hall–Kier alpha value is -2.99. The number of pyridine rings is 1. The lowest BCUT2D eigenvalue weighted by molar-refractivity contribution is 0.0475. The van der Waals surface area contributed by atoms with Crippen LogP contribution in [-0.2, 0) is 15.9 Å². The van der Waals surface area contributed by atoms with Crippen molar-refractivity contribution >= 4 is 22.7 Å². The number of Topliss-reactive ketones (excluding diaryl/α,β-unsaturated/α-hetero) is 1.